The number of sulfonamides is 1. The van der Waals surface area contributed by atoms with Crippen molar-refractivity contribution >= 4 is 27.3 Å². The number of halogens is 4. The summed E-state index contributed by atoms with van der Waals surface area (Å²) in [4.78, 5) is 11.9. The molecule has 0 aliphatic carbocycles. The fourth-order valence-electron chi connectivity index (χ4n) is 2.36. The molecule has 10 heteroatoms. The zero-order valence-electron chi connectivity index (χ0n) is 14.4. The van der Waals surface area contributed by atoms with Gasteiger partial charge in [-0.25, -0.2) is 26.0 Å². The number of para-hydroxylation sites is 1. The van der Waals surface area contributed by atoms with Crippen molar-refractivity contribution in [2.24, 2.45) is 0 Å². The smallest absolute Gasteiger partial charge is 0.262 e. The first-order valence-corrected chi connectivity index (χ1v) is 9.49. The lowest BCUT2D eigenvalue weighted by Gasteiger charge is -2.11. The van der Waals surface area contributed by atoms with E-state index < -0.39 is 44.9 Å². The maximum absolute atomic E-state index is 13.7. The van der Waals surface area contributed by atoms with E-state index in [9.17, 15) is 30.8 Å². The van der Waals surface area contributed by atoms with Gasteiger partial charge in [-0.1, -0.05) is 18.2 Å². The van der Waals surface area contributed by atoms with Gasteiger partial charge >= 0.3 is 0 Å². The highest BCUT2D eigenvalue weighted by Gasteiger charge is 2.19. The summed E-state index contributed by atoms with van der Waals surface area (Å²) in [6.45, 7) is 0. The summed E-state index contributed by atoms with van der Waals surface area (Å²) in [5.74, 6) is -5.75. The van der Waals surface area contributed by atoms with Crippen LogP contribution in [0.4, 0.5) is 28.9 Å². The third kappa shape index (κ3) is 4.54. The first-order chi connectivity index (χ1) is 13.7. The van der Waals surface area contributed by atoms with Crippen molar-refractivity contribution < 1.29 is 30.8 Å². The van der Waals surface area contributed by atoms with Crippen LogP contribution in [-0.2, 0) is 10.0 Å². The van der Waals surface area contributed by atoms with Crippen LogP contribution in [0.3, 0.4) is 0 Å². The fourth-order valence-corrected chi connectivity index (χ4v) is 3.48. The highest BCUT2D eigenvalue weighted by Crippen LogP contribution is 2.22. The first-order valence-electron chi connectivity index (χ1n) is 8.01. The van der Waals surface area contributed by atoms with E-state index in [2.05, 4.69) is 4.72 Å². The number of amides is 1. The SMILES string of the molecule is O=C(Nc1cc(F)c(F)cc1F)c1cccc(S(=O)(=O)Nc2ccccc2F)c1. The van der Waals surface area contributed by atoms with E-state index in [0.29, 0.717) is 6.07 Å². The second kappa shape index (κ2) is 7.92. The number of hydrogen-bond donors (Lipinski definition) is 2. The Hall–Kier alpha value is -3.40. The second-order valence-electron chi connectivity index (χ2n) is 5.81. The Morgan fingerprint density at radius 3 is 2.14 bits per heavy atom. The largest absolute Gasteiger partial charge is 0.319 e. The monoisotopic (exact) mass is 424 g/mol. The zero-order valence-corrected chi connectivity index (χ0v) is 15.2. The number of rotatable bonds is 5. The second-order valence-corrected chi connectivity index (χ2v) is 7.50. The Bertz CT molecular complexity index is 1200. The fraction of sp³-hybridized carbons (Fsp3) is 0. The lowest BCUT2D eigenvalue weighted by atomic mass is 10.2. The van der Waals surface area contributed by atoms with E-state index in [0.717, 1.165) is 18.2 Å². The van der Waals surface area contributed by atoms with Gasteiger partial charge in [0.2, 0.25) is 0 Å². The van der Waals surface area contributed by atoms with Crippen LogP contribution in [0.15, 0.2) is 65.6 Å². The van der Waals surface area contributed by atoms with Gasteiger partial charge in [-0.2, -0.15) is 0 Å². The Balaban J connectivity index is 1.86. The minimum Gasteiger partial charge on any atom is -0.319 e. The van der Waals surface area contributed by atoms with Crippen LogP contribution in [0.2, 0.25) is 0 Å². The molecule has 0 aliphatic rings. The number of benzene rings is 3. The lowest BCUT2D eigenvalue weighted by Crippen LogP contribution is -2.17. The molecule has 150 valence electrons. The van der Waals surface area contributed by atoms with E-state index >= 15 is 0 Å². The summed E-state index contributed by atoms with van der Waals surface area (Å²) in [5.41, 5.74) is -1.11. The molecule has 3 aromatic carbocycles. The molecule has 0 aromatic heterocycles. The number of anilines is 2. The van der Waals surface area contributed by atoms with Crippen LogP contribution in [-0.4, -0.2) is 14.3 Å². The predicted molar refractivity (Wildman–Crippen MR) is 97.9 cm³/mol. The Morgan fingerprint density at radius 2 is 1.41 bits per heavy atom. The molecule has 0 saturated carbocycles. The number of hydrogen-bond acceptors (Lipinski definition) is 3. The van der Waals surface area contributed by atoms with Crippen LogP contribution in [0.25, 0.3) is 0 Å². The molecular formula is C19H12F4N2O3S. The molecule has 0 atom stereocenters. The molecule has 0 unspecified atom stereocenters. The van der Waals surface area contributed by atoms with Gasteiger partial charge in [0, 0.05) is 17.7 Å². The van der Waals surface area contributed by atoms with Crippen molar-refractivity contribution in [3.63, 3.8) is 0 Å². The molecule has 29 heavy (non-hydrogen) atoms. The van der Waals surface area contributed by atoms with E-state index in [1.54, 1.807) is 0 Å². The molecule has 0 aliphatic heterocycles. The average Bonchev–Trinajstić information content (AvgIpc) is 2.68. The van der Waals surface area contributed by atoms with Gasteiger partial charge in [0.15, 0.2) is 11.6 Å². The third-order valence-corrected chi connectivity index (χ3v) is 5.15. The first kappa shape index (κ1) is 20.3. The quantitative estimate of drug-likeness (QED) is 0.474. The van der Waals surface area contributed by atoms with Crippen molar-refractivity contribution in [1.82, 2.24) is 0 Å². The molecule has 0 radical (unpaired) electrons. The molecule has 2 N–H and O–H groups in total. The molecule has 0 spiro atoms. The van der Waals surface area contributed by atoms with Crippen LogP contribution >= 0.6 is 0 Å². The summed E-state index contributed by atoms with van der Waals surface area (Å²) in [6, 6.07) is 10.4. The van der Waals surface area contributed by atoms with Crippen LogP contribution in [0.5, 0.6) is 0 Å². The maximum Gasteiger partial charge on any atom is 0.262 e. The lowest BCUT2D eigenvalue weighted by molar-refractivity contribution is 0.102. The summed E-state index contributed by atoms with van der Waals surface area (Å²) in [5, 5.41) is 2.04. The van der Waals surface area contributed by atoms with Crippen LogP contribution in [0, 0.1) is 23.3 Å². The van der Waals surface area contributed by atoms with Gasteiger partial charge < -0.3 is 5.32 Å². The normalized spacial score (nSPS) is 11.2. The summed E-state index contributed by atoms with van der Waals surface area (Å²) in [7, 11) is -4.24. The summed E-state index contributed by atoms with van der Waals surface area (Å²) in [6.07, 6.45) is 0. The molecule has 0 heterocycles. The van der Waals surface area contributed by atoms with Crippen molar-refractivity contribution in [2.75, 3.05) is 10.0 Å². The molecule has 0 fully saturated rings. The molecule has 1 amide bonds. The zero-order chi connectivity index (χ0) is 21.2. The van der Waals surface area contributed by atoms with Crippen LogP contribution in [0.1, 0.15) is 10.4 Å². The number of carbonyl (C=O) groups is 1. The van der Waals surface area contributed by atoms with Gasteiger partial charge in [-0.15, -0.1) is 0 Å². The minimum atomic E-state index is -4.24. The molecule has 0 saturated heterocycles. The van der Waals surface area contributed by atoms with Crippen molar-refractivity contribution in [1.29, 1.82) is 0 Å². The Morgan fingerprint density at radius 1 is 0.724 bits per heavy atom. The van der Waals surface area contributed by atoms with Gasteiger partial charge in [-0.05, 0) is 30.3 Å². The molecule has 5 nitrogen and oxygen atoms in total. The molecule has 3 rings (SSSR count). The standard InChI is InChI=1S/C19H12F4N2O3S/c20-13-6-1-2-7-17(13)25-29(27,28)12-5-3-4-11(8-12)19(26)24-18-10-15(22)14(21)9-16(18)23/h1-10,25H,(H,24,26). The van der Waals surface area contributed by atoms with Gasteiger partial charge in [-0.3, -0.25) is 9.52 Å². The van der Waals surface area contributed by atoms with Gasteiger partial charge in [0.1, 0.15) is 11.6 Å². The third-order valence-electron chi connectivity index (χ3n) is 3.78. The van der Waals surface area contributed by atoms with Crippen LogP contribution < -0.4 is 10.0 Å². The highest BCUT2D eigenvalue weighted by atomic mass is 32.2. The minimum absolute atomic E-state index is 0.203. The number of carbonyl (C=O) groups excluding carboxylic acids is 1. The van der Waals surface area contributed by atoms with Crippen molar-refractivity contribution in [3.05, 3.63) is 89.5 Å². The van der Waals surface area contributed by atoms with Crippen molar-refractivity contribution in [3.8, 4) is 0 Å². The summed E-state index contributed by atoms with van der Waals surface area (Å²) < 4.78 is 80.6. The van der Waals surface area contributed by atoms with E-state index in [1.165, 1.54) is 30.3 Å². The highest BCUT2D eigenvalue weighted by molar-refractivity contribution is 7.92. The molecular weight excluding hydrogens is 412 g/mol. The van der Waals surface area contributed by atoms with Crippen molar-refractivity contribution in [2.45, 2.75) is 4.90 Å². The molecule has 0 bridgehead atoms. The Labute approximate surface area is 163 Å². The van der Waals surface area contributed by atoms with Gasteiger partial charge in [0.05, 0.1) is 16.3 Å². The topological polar surface area (TPSA) is 75.3 Å². The average molecular weight is 424 g/mol. The summed E-state index contributed by atoms with van der Waals surface area (Å²) >= 11 is 0. The molecule has 3 aromatic rings. The maximum atomic E-state index is 13.7. The van der Waals surface area contributed by atoms with E-state index in [4.69, 9.17) is 0 Å². The van der Waals surface area contributed by atoms with E-state index in [1.807, 2.05) is 5.32 Å². The Kier molecular flexibility index (Phi) is 5.55. The van der Waals surface area contributed by atoms with E-state index in [-0.39, 0.29) is 22.2 Å². The van der Waals surface area contributed by atoms with Gasteiger partial charge in [0.25, 0.3) is 15.9 Å². The number of nitrogens with one attached hydrogen (secondary N) is 2. The predicted octanol–water partition coefficient (Wildman–Crippen LogP) is 4.30.